The van der Waals surface area contributed by atoms with Crippen molar-refractivity contribution in [2.24, 2.45) is 11.7 Å². The summed E-state index contributed by atoms with van der Waals surface area (Å²) in [5.41, 5.74) is 8.76. The lowest BCUT2D eigenvalue weighted by atomic mass is 9.96. The summed E-state index contributed by atoms with van der Waals surface area (Å²) in [4.78, 5) is 30.0. The molecule has 1 unspecified atom stereocenters. The highest BCUT2D eigenvalue weighted by Gasteiger charge is 2.42. The molecule has 2 aliphatic carbocycles. The second-order valence-corrected chi connectivity index (χ2v) is 10.0. The summed E-state index contributed by atoms with van der Waals surface area (Å²) in [5.74, 6) is 0.427. The molecule has 4 aliphatic rings. The maximum absolute atomic E-state index is 13.3. The molecule has 2 amide bonds. The number of hydrogen-bond donors (Lipinski definition) is 2. The van der Waals surface area contributed by atoms with Crippen LogP contribution in [0, 0.1) is 5.92 Å². The quantitative estimate of drug-likeness (QED) is 0.655. The zero-order valence-electron chi connectivity index (χ0n) is 19.5. The summed E-state index contributed by atoms with van der Waals surface area (Å²) in [6, 6.07) is 6.61. The van der Waals surface area contributed by atoms with Gasteiger partial charge in [-0.05, 0) is 50.3 Å². The third kappa shape index (κ3) is 5.03. The molecule has 8 heteroatoms. The van der Waals surface area contributed by atoms with Gasteiger partial charge < -0.3 is 25.4 Å². The van der Waals surface area contributed by atoms with E-state index >= 15 is 0 Å². The fourth-order valence-corrected chi connectivity index (χ4v) is 4.87. The standard InChI is InChI=1S/C25H36N4O4/c1-16-15-28(25(31)33-21-8-10-32-11-9-21)23-12-18(19(13-26)14-27-20-5-6-20)4-7-22(23)29(16)24(30)17-2-3-17/h4,7,12,16-17,19-21,27H,2-3,5-6,8-11,13-15,26H2,1H3/t16-,19?/m0/s1. The Bertz CT molecular complexity index is 879. The SMILES string of the molecule is C[C@H]1CN(C(=O)OC2CCOCC2)c2cc(C(CN)CNC3CC3)ccc2N1C(=O)C1CC1. The van der Waals surface area contributed by atoms with Crippen molar-refractivity contribution in [3.8, 4) is 0 Å². The van der Waals surface area contributed by atoms with Crippen LogP contribution in [0.15, 0.2) is 18.2 Å². The molecule has 0 radical (unpaired) electrons. The van der Waals surface area contributed by atoms with Crippen molar-refractivity contribution in [2.45, 2.75) is 69.6 Å². The van der Waals surface area contributed by atoms with Crippen LogP contribution in [-0.4, -0.2) is 63.0 Å². The van der Waals surface area contributed by atoms with Crippen LogP contribution in [0.4, 0.5) is 16.2 Å². The van der Waals surface area contributed by atoms with Gasteiger partial charge in [-0.25, -0.2) is 4.79 Å². The van der Waals surface area contributed by atoms with E-state index in [-0.39, 0.29) is 36.0 Å². The van der Waals surface area contributed by atoms with Gasteiger partial charge in [-0.3, -0.25) is 9.69 Å². The molecule has 2 aliphatic heterocycles. The van der Waals surface area contributed by atoms with Gasteiger partial charge in [0.1, 0.15) is 6.10 Å². The van der Waals surface area contributed by atoms with Gasteiger partial charge in [-0.1, -0.05) is 6.07 Å². The van der Waals surface area contributed by atoms with Crippen LogP contribution in [0.2, 0.25) is 0 Å². The van der Waals surface area contributed by atoms with E-state index in [1.54, 1.807) is 4.90 Å². The zero-order valence-corrected chi connectivity index (χ0v) is 19.5. The Morgan fingerprint density at radius 3 is 2.58 bits per heavy atom. The number of carbonyl (C=O) groups excluding carboxylic acids is 2. The van der Waals surface area contributed by atoms with E-state index < -0.39 is 0 Å². The predicted molar refractivity (Wildman–Crippen MR) is 127 cm³/mol. The van der Waals surface area contributed by atoms with Crippen LogP contribution in [0.5, 0.6) is 0 Å². The first kappa shape index (κ1) is 22.6. The Morgan fingerprint density at radius 2 is 1.91 bits per heavy atom. The first-order valence-corrected chi connectivity index (χ1v) is 12.5. The zero-order chi connectivity index (χ0) is 22.9. The number of amides is 2. The van der Waals surface area contributed by atoms with Crippen molar-refractivity contribution < 1.29 is 19.1 Å². The lowest BCUT2D eigenvalue weighted by molar-refractivity contribution is -0.120. The average molecular weight is 457 g/mol. The van der Waals surface area contributed by atoms with Crippen molar-refractivity contribution >= 4 is 23.4 Å². The van der Waals surface area contributed by atoms with Crippen LogP contribution >= 0.6 is 0 Å². The number of hydrogen-bond acceptors (Lipinski definition) is 6. The molecule has 2 atom stereocenters. The molecule has 3 N–H and O–H groups in total. The molecule has 0 spiro atoms. The highest BCUT2D eigenvalue weighted by Crippen LogP contribution is 2.42. The molecule has 180 valence electrons. The van der Waals surface area contributed by atoms with Gasteiger partial charge in [-0.2, -0.15) is 0 Å². The number of nitrogens with zero attached hydrogens (tertiary/aromatic N) is 2. The number of anilines is 2. The van der Waals surface area contributed by atoms with Gasteiger partial charge in [-0.15, -0.1) is 0 Å². The van der Waals surface area contributed by atoms with Crippen molar-refractivity contribution in [2.75, 3.05) is 42.6 Å². The highest BCUT2D eigenvalue weighted by atomic mass is 16.6. The molecule has 1 aromatic rings. The van der Waals surface area contributed by atoms with Crippen LogP contribution in [0.1, 0.15) is 56.9 Å². The van der Waals surface area contributed by atoms with Gasteiger partial charge in [0.15, 0.2) is 0 Å². The molecule has 33 heavy (non-hydrogen) atoms. The normalized spacial score (nSPS) is 24.4. The minimum atomic E-state index is -0.342. The number of carbonyl (C=O) groups is 2. The summed E-state index contributed by atoms with van der Waals surface area (Å²) >= 11 is 0. The Labute approximate surface area is 195 Å². The van der Waals surface area contributed by atoms with E-state index in [2.05, 4.69) is 11.4 Å². The van der Waals surface area contributed by atoms with Crippen LogP contribution in [-0.2, 0) is 14.3 Å². The van der Waals surface area contributed by atoms with E-state index in [1.807, 2.05) is 24.0 Å². The highest BCUT2D eigenvalue weighted by molar-refractivity contribution is 6.04. The summed E-state index contributed by atoms with van der Waals surface area (Å²) < 4.78 is 11.3. The maximum atomic E-state index is 13.3. The molecular formula is C25H36N4O4. The average Bonchev–Trinajstić information content (AvgIpc) is 3.73. The van der Waals surface area contributed by atoms with E-state index in [4.69, 9.17) is 15.2 Å². The monoisotopic (exact) mass is 456 g/mol. The molecule has 8 nitrogen and oxygen atoms in total. The molecular weight excluding hydrogens is 420 g/mol. The largest absolute Gasteiger partial charge is 0.446 e. The minimum absolute atomic E-state index is 0.111. The number of benzene rings is 1. The number of rotatable bonds is 7. The number of nitrogens with two attached hydrogens (primary N) is 1. The van der Waals surface area contributed by atoms with Gasteiger partial charge in [0.05, 0.1) is 30.6 Å². The summed E-state index contributed by atoms with van der Waals surface area (Å²) in [5, 5.41) is 3.57. The number of fused-ring (bicyclic) bond motifs is 1. The molecule has 5 rings (SSSR count). The fraction of sp³-hybridized carbons (Fsp3) is 0.680. The first-order chi connectivity index (χ1) is 16.0. The van der Waals surface area contributed by atoms with Crippen LogP contribution in [0.3, 0.4) is 0 Å². The van der Waals surface area contributed by atoms with Crippen molar-refractivity contribution in [3.63, 3.8) is 0 Å². The smallest absolute Gasteiger partial charge is 0.414 e. The molecule has 2 saturated carbocycles. The Morgan fingerprint density at radius 1 is 1.15 bits per heavy atom. The maximum Gasteiger partial charge on any atom is 0.414 e. The molecule has 1 aromatic carbocycles. The Kier molecular flexibility index (Phi) is 6.58. The first-order valence-electron chi connectivity index (χ1n) is 12.5. The number of nitrogens with one attached hydrogen (secondary N) is 1. The van der Waals surface area contributed by atoms with Crippen LogP contribution < -0.4 is 20.9 Å². The van der Waals surface area contributed by atoms with E-state index in [1.165, 1.54) is 12.8 Å². The fourth-order valence-electron chi connectivity index (χ4n) is 4.87. The molecule has 2 heterocycles. The third-order valence-electron chi connectivity index (χ3n) is 7.24. The van der Waals surface area contributed by atoms with Gasteiger partial charge in [0.25, 0.3) is 0 Å². The summed E-state index contributed by atoms with van der Waals surface area (Å²) in [7, 11) is 0. The summed E-state index contributed by atoms with van der Waals surface area (Å²) in [6.45, 7) is 4.99. The second-order valence-electron chi connectivity index (χ2n) is 10.0. The van der Waals surface area contributed by atoms with Gasteiger partial charge >= 0.3 is 6.09 Å². The van der Waals surface area contributed by atoms with Gasteiger partial charge in [0, 0.05) is 50.4 Å². The molecule has 0 bridgehead atoms. The van der Waals surface area contributed by atoms with E-state index in [9.17, 15) is 9.59 Å². The molecule has 1 saturated heterocycles. The topological polar surface area (TPSA) is 97.1 Å². The Balaban J connectivity index is 1.43. The second kappa shape index (κ2) is 9.60. The van der Waals surface area contributed by atoms with Crippen molar-refractivity contribution in [1.82, 2.24) is 5.32 Å². The number of ether oxygens (including phenoxy) is 2. The van der Waals surface area contributed by atoms with Crippen molar-refractivity contribution in [1.29, 1.82) is 0 Å². The lowest BCUT2D eigenvalue weighted by Gasteiger charge is -2.41. The minimum Gasteiger partial charge on any atom is -0.446 e. The molecule has 3 fully saturated rings. The van der Waals surface area contributed by atoms with E-state index in [0.717, 1.165) is 49.2 Å². The lowest BCUT2D eigenvalue weighted by Crippen LogP contribution is -2.53. The van der Waals surface area contributed by atoms with E-state index in [0.29, 0.717) is 32.3 Å². The Hall–Kier alpha value is -2.16. The van der Waals surface area contributed by atoms with Gasteiger partial charge in [0.2, 0.25) is 5.91 Å². The predicted octanol–water partition coefficient (Wildman–Crippen LogP) is 2.75. The summed E-state index contributed by atoms with van der Waals surface area (Å²) in [6.07, 6.45) is 5.32. The van der Waals surface area contributed by atoms with Crippen molar-refractivity contribution in [3.05, 3.63) is 23.8 Å². The van der Waals surface area contributed by atoms with Crippen LogP contribution in [0.25, 0.3) is 0 Å². The third-order valence-corrected chi connectivity index (χ3v) is 7.24. The molecule has 0 aromatic heterocycles.